The van der Waals surface area contributed by atoms with Gasteiger partial charge in [0.05, 0.1) is 21.3 Å². The minimum atomic E-state index is -0.428. The normalized spacial score (nSPS) is 11.6. The number of oxime groups is 1. The van der Waals surface area contributed by atoms with Gasteiger partial charge in [-0.15, -0.1) is 22.7 Å². The lowest BCUT2D eigenvalue weighted by Gasteiger charge is -1.98. The lowest BCUT2D eigenvalue weighted by atomic mass is 10.3. The molecule has 0 saturated carbocycles. The average Bonchev–Trinajstić information content (AvgIpc) is 2.95. The molecule has 0 spiro atoms. The van der Waals surface area contributed by atoms with E-state index in [0.717, 1.165) is 15.6 Å². The number of thiophene rings is 1. The monoisotopic (exact) mass is 280 g/mol. The molecular formula is C12H12N2O2S2. The molecule has 0 unspecified atom stereocenters. The zero-order valence-electron chi connectivity index (χ0n) is 10.3. The van der Waals surface area contributed by atoms with Crippen LogP contribution in [0.4, 0.5) is 0 Å². The molecule has 0 aliphatic heterocycles. The van der Waals surface area contributed by atoms with Crippen molar-refractivity contribution in [2.45, 2.75) is 20.8 Å². The molecule has 2 heterocycles. The Hall–Kier alpha value is -1.53. The number of hydrogen-bond donors (Lipinski definition) is 0. The molecule has 94 valence electrons. The van der Waals surface area contributed by atoms with Gasteiger partial charge in [-0.1, -0.05) is 11.2 Å². The Kier molecular flexibility index (Phi) is 3.88. The fourth-order valence-electron chi connectivity index (χ4n) is 1.46. The second-order valence-corrected chi connectivity index (χ2v) is 5.83. The number of carbonyl (C=O) groups excluding carboxylic acids is 1. The van der Waals surface area contributed by atoms with Crippen LogP contribution in [0, 0.1) is 13.8 Å². The largest absolute Gasteiger partial charge is 0.375 e. The van der Waals surface area contributed by atoms with Crippen LogP contribution < -0.4 is 0 Å². The molecule has 4 nitrogen and oxygen atoms in total. The van der Waals surface area contributed by atoms with Crippen LogP contribution in [0.3, 0.4) is 0 Å². The molecule has 0 atom stereocenters. The Labute approximate surface area is 113 Å². The highest BCUT2D eigenvalue weighted by molar-refractivity contribution is 7.13. The Morgan fingerprint density at radius 3 is 2.78 bits per heavy atom. The molecule has 0 aliphatic rings. The summed E-state index contributed by atoms with van der Waals surface area (Å²) >= 11 is 2.87. The van der Waals surface area contributed by atoms with Gasteiger partial charge in [0, 0.05) is 0 Å². The van der Waals surface area contributed by atoms with Crippen LogP contribution in [0.1, 0.15) is 32.2 Å². The van der Waals surface area contributed by atoms with Crippen molar-refractivity contribution in [2.75, 3.05) is 0 Å². The highest BCUT2D eigenvalue weighted by atomic mass is 32.1. The van der Waals surface area contributed by atoms with E-state index in [4.69, 9.17) is 4.84 Å². The first-order valence-corrected chi connectivity index (χ1v) is 7.01. The quantitative estimate of drug-likeness (QED) is 0.492. The molecule has 2 aromatic rings. The van der Waals surface area contributed by atoms with Crippen molar-refractivity contribution in [3.05, 3.63) is 38.0 Å². The number of nitrogens with zero attached hydrogens (tertiary/aromatic N) is 2. The topological polar surface area (TPSA) is 51.5 Å². The zero-order chi connectivity index (χ0) is 13.1. The lowest BCUT2D eigenvalue weighted by Crippen LogP contribution is -2.02. The van der Waals surface area contributed by atoms with Crippen molar-refractivity contribution < 1.29 is 9.63 Å². The van der Waals surface area contributed by atoms with E-state index in [2.05, 4.69) is 10.1 Å². The molecule has 0 saturated heterocycles. The Bertz CT molecular complexity index is 585. The summed E-state index contributed by atoms with van der Waals surface area (Å²) in [6.45, 7) is 5.66. The van der Waals surface area contributed by atoms with Gasteiger partial charge < -0.3 is 4.84 Å². The van der Waals surface area contributed by atoms with Crippen molar-refractivity contribution in [3.8, 4) is 0 Å². The maximum atomic E-state index is 11.6. The highest BCUT2D eigenvalue weighted by Crippen LogP contribution is 2.18. The predicted molar refractivity (Wildman–Crippen MR) is 73.5 cm³/mol. The van der Waals surface area contributed by atoms with Crippen LogP contribution >= 0.6 is 22.7 Å². The summed E-state index contributed by atoms with van der Waals surface area (Å²) in [6, 6.07) is 3.51. The summed E-state index contributed by atoms with van der Waals surface area (Å²) in [4.78, 5) is 22.3. The van der Waals surface area contributed by atoms with Gasteiger partial charge in [0.25, 0.3) is 0 Å². The summed E-state index contributed by atoms with van der Waals surface area (Å²) in [5.41, 5.74) is 1.58. The van der Waals surface area contributed by atoms with Crippen LogP contribution in [-0.4, -0.2) is 16.7 Å². The van der Waals surface area contributed by atoms with E-state index in [1.807, 2.05) is 26.2 Å². The van der Waals surface area contributed by atoms with Gasteiger partial charge in [-0.3, -0.25) is 0 Å². The highest BCUT2D eigenvalue weighted by Gasteiger charge is 2.11. The lowest BCUT2D eigenvalue weighted by molar-refractivity contribution is 0.0522. The SMILES string of the molecule is C/C(=N\OC(=O)c1cccs1)c1sc(C)nc1C. The minimum absolute atomic E-state index is 0.428. The molecular weight excluding hydrogens is 268 g/mol. The molecule has 0 radical (unpaired) electrons. The molecule has 0 amide bonds. The average molecular weight is 280 g/mol. The fourth-order valence-corrected chi connectivity index (χ4v) is 2.91. The van der Waals surface area contributed by atoms with Crippen molar-refractivity contribution in [2.24, 2.45) is 5.16 Å². The van der Waals surface area contributed by atoms with Gasteiger partial charge >= 0.3 is 5.97 Å². The molecule has 0 fully saturated rings. The van der Waals surface area contributed by atoms with Crippen LogP contribution in [0.25, 0.3) is 0 Å². The molecule has 0 bridgehead atoms. The van der Waals surface area contributed by atoms with Gasteiger partial charge in [0.1, 0.15) is 4.88 Å². The summed E-state index contributed by atoms with van der Waals surface area (Å²) in [7, 11) is 0. The number of hydrogen-bond acceptors (Lipinski definition) is 6. The van der Waals surface area contributed by atoms with Gasteiger partial charge in [0.2, 0.25) is 0 Å². The zero-order valence-corrected chi connectivity index (χ0v) is 11.9. The minimum Gasteiger partial charge on any atom is -0.312 e. The first kappa shape index (κ1) is 12.9. The Morgan fingerprint density at radius 2 is 2.22 bits per heavy atom. The summed E-state index contributed by atoms with van der Waals surface area (Å²) in [6.07, 6.45) is 0. The molecule has 2 aromatic heterocycles. The molecule has 6 heteroatoms. The second kappa shape index (κ2) is 5.41. The van der Waals surface area contributed by atoms with E-state index in [1.54, 1.807) is 23.5 Å². The standard InChI is InChI=1S/C12H12N2O2S2/c1-7-11(18-9(3)13-7)8(2)14-16-12(15)10-5-4-6-17-10/h4-6H,1-3H3/b14-8+. The first-order chi connectivity index (χ1) is 8.58. The van der Waals surface area contributed by atoms with E-state index < -0.39 is 5.97 Å². The van der Waals surface area contributed by atoms with Crippen molar-refractivity contribution in [3.63, 3.8) is 0 Å². The van der Waals surface area contributed by atoms with E-state index >= 15 is 0 Å². The maximum absolute atomic E-state index is 11.6. The van der Waals surface area contributed by atoms with Crippen LogP contribution in [0.5, 0.6) is 0 Å². The third kappa shape index (κ3) is 2.83. The predicted octanol–water partition coefficient (Wildman–Crippen LogP) is 3.40. The van der Waals surface area contributed by atoms with Gasteiger partial charge in [-0.25, -0.2) is 9.78 Å². The maximum Gasteiger partial charge on any atom is 0.375 e. The Morgan fingerprint density at radius 1 is 1.44 bits per heavy atom. The van der Waals surface area contributed by atoms with E-state index in [0.29, 0.717) is 10.6 Å². The number of aromatic nitrogens is 1. The van der Waals surface area contributed by atoms with Crippen LogP contribution in [0.15, 0.2) is 22.7 Å². The van der Waals surface area contributed by atoms with Crippen molar-refractivity contribution >= 4 is 34.4 Å². The van der Waals surface area contributed by atoms with Crippen LogP contribution in [0.2, 0.25) is 0 Å². The third-order valence-electron chi connectivity index (χ3n) is 2.22. The number of aryl methyl sites for hydroxylation is 2. The molecule has 18 heavy (non-hydrogen) atoms. The molecule has 0 N–H and O–H groups in total. The Balaban J connectivity index is 2.10. The van der Waals surface area contributed by atoms with Gasteiger partial charge in [-0.2, -0.15) is 0 Å². The van der Waals surface area contributed by atoms with E-state index in [1.165, 1.54) is 11.3 Å². The molecule has 0 aromatic carbocycles. The number of thiazole rings is 1. The van der Waals surface area contributed by atoms with Gasteiger partial charge in [0.15, 0.2) is 0 Å². The van der Waals surface area contributed by atoms with Gasteiger partial charge in [-0.05, 0) is 32.2 Å². The second-order valence-electron chi connectivity index (χ2n) is 3.68. The third-order valence-corrected chi connectivity index (χ3v) is 4.25. The fraction of sp³-hybridized carbons (Fsp3) is 0.250. The van der Waals surface area contributed by atoms with E-state index in [9.17, 15) is 4.79 Å². The summed E-state index contributed by atoms with van der Waals surface area (Å²) < 4.78 is 0. The number of rotatable bonds is 3. The smallest absolute Gasteiger partial charge is 0.312 e. The molecule has 0 aliphatic carbocycles. The van der Waals surface area contributed by atoms with Crippen molar-refractivity contribution in [1.82, 2.24) is 4.98 Å². The number of carbonyl (C=O) groups is 1. The van der Waals surface area contributed by atoms with Crippen LogP contribution in [-0.2, 0) is 4.84 Å². The summed E-state index contributed by atoms with van der Waals surface area (Å²) in [5, 5.41) is 6.67. The summed E-state index contributed by atoms with van der Waals surface area (Å²) in [5.74, 6) is -0.428. The van der Waals surface area contributed by atoms with Crippen molar-refractivity contribution in [1.29, 1.82) is 0 Å². The first-order valence-electron chi connectivity index (χ1n) is 5.32. The van der Waals surface area contributed by atoms with E-state index in [-0.39, 0.29) is 0 Å². The molecule has 2 rings (SSSR count).